The van der Waals surface area contributed by atoms with Crippen molar-refractivity contribution in [2.24, 2.45) is 11.5 Å². The Balaban J connectivity index is 1.16. The van der Waals surface area contributed by atoms with E-state index >= 15 is 0 Å². The van der Waals surface area contributed by atoms with Crippen LogP contribution in [0.4, 0.5) is 5.69 Å². The highest BCUT2D eigenvalue weighted by Gasteiger charge is 2.30. The van der Waals surface area contributed by atoms with Gasteiger partial charge in [0.2, 0.25) is 11.8 Å². The second-order valence-corrected chi connectivity index (χ2v) is 15.0. The number of carbonyl (C=O) groups is 2. The molecule has 10 heteroatoms. The summed E-state index contributed by atoms with van der Waals surface area (Å²) < 4.78 is 0. The van der Waals surface area contributed by atoms with Crippen molar-refractivity contribution in [3.63, 3.8) is 0 Å². The summed E-state index contributed by atoms with van der Waals surface area (Å²) in [6.07, 6.45) is 2.32. The van der Waals surface area contributed by atoms with Crippen molar-refractivity contribution >= 4 is 17.5 Å². The van der Waals surface area contributed by atoms with Crippen LogP contribution < -0.4 is 22.1 Å². The number of amides is 2. The molecule has 1 fully saturated rings. The number of anilines is 1. The first kappa shape index (κ1) is 37.8. The highest BCUT2D eigenvalue weighted by Crippen LogP contribution is 2.36. The van der Waals surface area contributed by atoms with Crippen LogP contribution in [0, 0.1) is 27.7 Å². The van der Waals surface area contributed by atoms with E-state index in [1.807, 2.05) is 38.7 Å². The van der Waals surface area contributed by atoms with Crippen molar-refractivity contribution in [2.45, 2.75) is 78.0 Å². The summed E-state index contributed by atoms with van der Waals surface area (Å²) in [6.45, 7) is 11.8. The van der Waals surface area contributed by atoms with Crippen LogP contribution in [0.15, 0.2) is 66.7 Å². The third-order valence-corrected chi connectivity index (χ3v) is 10.9. The summed E-state index contributed by atoms with van der Waals surface area (Å²) in [7, 11) is 0. The van der Waals surface area contributed by atoms with Crippen molar-refractivity contribution in [3.8, 4) is 11.5 Å². The number of hydrogen-bond acceptors (Lipinski definition) is 8. The van der Waals surface area contributed by atoms with Crippen molar-refractivity contribution in [3.05, 3.63) is 122 Å². The van der Waals surface area contributed by atoms with Gasteiger partial charge in [-0.1, -0.05) is 42.5 Å². The highest BCUT2D eigenvalue weighted by molar-refractivity contribution is 5.83. The average molecular weight is 719 g/mol. The number of rotatable bonds is 11. The van der Waals surface area contributed by atoms with Crippen molar-refractivity contribution in [2.75, 3.05) is 38.0 Å². The first-order chi connectivity index (χ1) is 25.4. The standard InChI is InChI=1S/C43H54N6O4/c1-26-16-33(50)17-27(2)35(26)23-38(44)42(52)47-40-10-11-46-41-32(21-31(22-37(40)41)20-30-8-6-5-7-9-30)25-48-12-14-49(15-13-48)43(53)39(45)24-36-28(3)18-34(51)19-29(36)4/h5-9,16-19,21-22,38-40,46,50-51H,10-15,20,23-25,44-45H2,1-4H3,(H,47,52)/t38-,39-,40+/m0/s1. The number of hydrogen-bond donors (Lipinski definition) is 6. The lowest BCUT2D eigenvalue weighted by Gasteiger charge is -2.37. The summed E-state index contributed by atoms with van der Waals surface area (Å²) >= 11 is 0. The Hall–Kier alpha value is -4.90. The average Bonchev–Trinajstić information content (AvgIpc) is 3.12. The first-order valence-corrected chi connectivity index (χ1v) is 18.7. The van der Waals surface area contributed by atoms with E-state index in [0.29, 0.717) is 39.0 Å². The van der Waals surface area contributed by atoms with E-state index in [0.717, 1.165) is 70.6 Å². The Kier molecular flexibility index (Phi) is 11.7. The number of aryl methyl sites for hydroxylation is 4. The van der Waals surface area contributed by atoms with Crippen LogP contribution in [0.3, 0.4) is 0 Å². The molecular formula is C43H54N6O4. The lowest BCUT2D eigenvalue weighted by Crippen LogP contribution is -2.53. The molecule has 0 saturated carbocycles. The number of benzene rings is 4. The number of nitrogens with zero attached hydrogens (tertiary/aromatic N) is 2. The number of piperazine rings is 1. The van der Waals surface area contributed by atoms with Crippen molar-refractivity contribution in [1.29, 1.82) is 0 Å². The summed E-state index contributed by atoms with van der Waals surface area (Å²) in [5.41, 5.74) is 24.4. The predicted octanol–water partition coefficient (Wildman–Crippen LogP) is 4.68. The molecule has 4 aromatic rings. The van der Waals surface area contributed by atoms with E-state index in [9.17, 15) is 19.8 Å². The Morgan fingerprint density at radius 3 is 1.94 bits per heavy atom. The molecule has 0 unspecified atom stereocenters. The largest absolute Gasteiger partial charge is 0.508 e. The number of fused-ring (bicyclic) bond motifs is 1. The van der Waals surface area contributed by atoms with Gasteiger partial charge >= 0.3 is 0 Å². The number of phenolic OH excluding ortho intramolecular Hbond substituents is 2. The topological polar surface area (TPSA) is 157 Å². The van der Waals surface area contributed by atoms with Crippen LogP contribution in [-0.4, -0.2) is 76.6 Å². The number of nitrogens with one attached hydrogen (secondary N) is 2. The van der Waals surface area contributed by atoms with Crippen LogP contribution in [0.2, 0.25) is 0 Å². The maximum atomic E-state index is 13.6. The lowest BCUT2D eigenvalue weighted by molar-refractivity contribution is -0.134. The van der Waals surface area contributed by atoms with Gasteiger partial charge in [0.1, 0.15) is 11.5 Å². The minimum Gasteiger partial charge on any atom is -0.508 e. The van der Waals surface area contributed by atoms with E-state index in [1.165, 1.54) is 16.7 Å². The maximum Gasteiger partial charge on any atom is 0.239 e. The van der Waals surface area contributed by atoms with Crippen molar-refractivity contribution < 1.29 is 19.8 Å². The number of phenols is 2. The molecule has 0 radical (unpaired) electrons. The molecule has 1 saturated heterocycles. The molecule has 280 valence electrons. The second-order valence-electron chi connectivity index (χ2n) is 15.0. The van der Waals surface area contributed by atoms with Gasteiger partial charge in [-0.15, -0.1) is 0 Å². The lowest BCUT2D eigenvalue weighted by atomic mass is 9.90. The summed E-state index contributed by atoms with van der Waals surface area (Å²) in [5.74, 6) is 0.188. The molecule has 3 atom stereocenters. The number of aromatic hydroxyl groups is 2. The maximum absolute atomic E-state index is 13.6. The molecule has 10 nitrogen and oxygen atoms in total. The number of carbonyl (C=O) groups excluding carboxylic acids is 2. The van der Waals surface area contributed by atoms with E-state index in [-0.39, 0.29) is 29.4 Å². The SMILES string of the molecule is Cc1cc(O)cc(C)c1C[C@H](N)C(=O)N[C@@H]1CCNc2c(CN3CCN(C(=O)[C@@H](N)Cc4c(C)cc(O)cc4C)CC3)cc(Cc3ccccc3)cc21. The zero-order chi connectivity index (χ0) is 37.8. The molecular weight excluding hydrogens is 665 g/mol. The van der Waals surface area contributed by atoms with Crippen molar-refractivity contribution in [1.82, 2.24) is 15.1 Å². The molecule has 8 N–H and O–H groups in total. The molecule has 2 aliphatic heterocycles. The van der Waals surface area contributed by atoms with E-state index < -0.39 is 12.1 Å². The molecule has 6 rings (SSSR count). The summed E-state index contributed by atoms with van der Waals surface area (Å²) in [6, 6.07) is 20.2. The minimum atomic E-state index is -0.733. The molecule has 0 aliphatic carbocycles. The minimum absolute atomic E-state index is 0.0482. The Morgan fingerprint density at radius 2 is 1.36 bits per heavy atom. The first-order valence-electron chi connectivity index (χ1n) is 18.7. The highest BCUT2D eigenvalue weighted by atomic mass is 16.3. The summed E-state index contributed by atoms with van der Waals surface area (Å²) in [5, 5.41) is 26.9. The van der Waals surface area contributed by atoms with Crippen LogP contribution in [0.5, 0.6) is 11.5 Å². The fraction of sp³-hybridized carbons (Fsp3) is 0.395. The quantitative estimate of drug-likeness (QED) is 0.131. The predicted molar refractivity (Wildman–Crippen MR) is 210 cm³/mol. The molecule has 2 amide bonds. The third-order valence-electron chi connectivity index (χ3n) is 10.9. The normalized spacial score (nSPS) is 17.1. The van der Waals surface area contributed by atoms with Gasteiger partial charge < -0.3 is 37.2 Å². The Labute approximate surface area is 313 Å². The van der Waals surface area contributed by atoms with Crippen LogP contribution in [-0.2, 0) is 35.4 Å². The molecule has 2 aliphatic rings. The van der Waals surface area contributed by atoms with Gasteiger partial charge in [0.05, 0.1) is 18.1 Å². The van der Waals surface area contributed by atoms with Gasteiger partial charge in [-0.2, -0.15) is 0 Å². The van der Waals surface area contributed by atoms with Gasteiger partial charge in [-0.05, 0) is 133 Å². The molecule has 0 spiro atoms. The smallest absolute Gasteiger partial charge is 0.239 e. The summed E-state index contributed by atoms with van der Waals surface area (Å²) in [4.78, 5) is 31.3. The molecule has 0 bridgehead atoms. The molecule has 4 aromatic carbocycles. The third kappa shape index (κ3) is 9.01. The van der Waals surface area contributed by atoms with Crippen LogP contribution in [0.1, 0.15) is 68.1 Å². The zero-order valence-corrected chi connectivity index (χ0v) is 31.4. The van der Waals surface area contributed by atoms with Crippen LogP contribution in [0.25, 0.3) is 0 Å². The molecule has 2 heterocycles. The fourth-order valence-corrected chi connectivity index (χ4v) is 8.08. The number of nitrogens with two attached hydrogens (primary N) is 2. The van der Waals surface area contributed by atoms with Gasteiger partial charge in [0, 0.05) is 45.0 Å². The zero-order valence-electron chi connectivity index (χ0n) is 31.4. The van der Waals surface area contributed by atoms with E-state index in [2.05, 4.69) is 51.9 Å². The molecule has 53 heavy (non-hydrogen) atoms. The Morgan fingerprint density at radius 1 is 0.792 bits per heavy atom. The van der Waals surface area contributed by atoms with Crippen LogP contribution >= 0.6 is 0 Å². The van der Waals surface area contributed by atoms with Gasteiger partial charge in [-0.25, -0.2) is 0 Å². The monoisotopic (exact) mass is 718 g/mol. The molecule has 0 aromatic heterocycles. The van der Waals surface area contributed by atoms with Gasteiger partial charge in [-0.3, -0.25) is 14.5 Å². The van der Waals surface area contributed by atoms with Gasteiger partial charge in [0.15, 0.2) is 0 Å². The van der Waals surface area contributed by atoms with E-state index in [1.54, 1.807) is 24.3 Å². The van der Waals surface area contributed by atoms with E-state index in [4.69, 9.17) is 11.5 Å². The Bertz CT molecular complexity index is 1910. The fourth-order valence-electron chi connectivity index (χ4n) is 8.08. The van der Waals surface area contributed by atoms with Gasteiger partial charge in [0.25, 0.3) is 0 Å². The second kappa shape index (κ2) is 16.4.